The molecule has 0 aliphatic rings. The van der Waals surface area contributed by atoms with Gasteiger partial charge in [-0.1, -0.05) is 47.5 Å². The highest BCUT2D eigenvalue weighted by molar-refractivity contribution is 7.99. The van der Waals surface area contributed by atoms with Crippen molar-refractivity contribution in [2.45, 2.75) is 19.6 Å². The van der Waals surface area contributed by atoms with Gasteiger partial charge in [-0.3, -0.25) is 4.79 Å². The summed E-state index contributed by atoms with van der Waals surface area (Å²) in [4.78, 5) is 22.9. The standard InChI is InChI=1S/C19H20N2O3S/c1-13-7-14(2)9-15(8-13)11-25-12-18(22)21-20-10-16-5-3-4-6-17(16)19(23)24/h3-10H,11-12H2,1-2H3,(H,21,22)(H,23,24)/b20-10-. The van der Waals surface area contributed by atoms with E-state index in [0.717, 1.165) is 5.75 Å². The Morgan fingerprint density at radius 3 is 2.52 bits per heavy atom. The topological polar surface area (TPSA) is 78.8 Å². The van der Waals surface area contributed by atoms with Gasteiger partial charge in [-0.25, -0.2) is 10.2 Å². The number of thioether (sulfide) groups is 1. The normalized spacial score (nSPS) is 10.8. The molecule has 0 aliphatic heterocycles. The number of carbonyl (C=O) groups excluding carboxylic acids is 1. The summed E-state index contributed by atoms with van der Waals surface area (Å²) in [6.07, 6.45) is 1.34. The summed E-state index contributed by atoms with van der Waals surface area (Å²) in [5, 5.41) is 12.9. The summed E-state index contributed by atoms with van der Waals surface area (Å²) in [7, 11) is 0. The Hall–Kier alpha value is -2.60. The van der Waals surface area contributed by atoms with E-state index < -0.39 is 5.97 Å². The first-order valence-corrected chi connectivity index (χ1v) is 8.90. The Balaban J connectivity index is 1.82. The smallest absolute Gasteiger partial charge is 0.336 e. The van der Waals surface area contributed by atoms with E-state index in [0.29, 0.717) is 5.56 Å². The summed E-state index contributed by atoms with van der Waals surface area (Å²) < 4.78 is 0. The average Bonchev–Trinajstić information content (AvgIpc) is 2.54. The number of aromatic carboxylic acids is 1. The van der Waals surface area contributed by atoms with Crippen molar-refractivity contribution in [2.24, 2.45) is 5.10 Å². The van der Waals surface area contributed by atoms with Crippen molar-refractivity contribution < 1.29 is 14.7 Å². The second-order valence-corrected chi connectivity index (χ2v) is 6.66. The van der Waals surface area contributed by atoms with Gasteiger partial charge in [0, 0.05) is 11.3 Å². The van der Waals surface area contributed by atoms with Crippen LogP contribution in [-0.2, 0) is 10.5 Å². The van der Waals surface area contributed by atoms with E-state index >= 15 is 0 Å². The zero-order valence-electron chi connectivity index (χ0n) is 14.2. The fraction of sp³-hybridized carbons (Fsp3) is 0.211. The maximum absolute atomic E-state index is 11.8. The predicted molar refractivity (Wildman–Crippen MR) is 101 cm³/mol. The molecule has 0 unspecified atom stereocenters. The van der Waals surface area contributed by atoms with Gasteiger partial charge in [-0.2, -0.15) is 5.10 Å². The monoisotopic (exact) mass is 356 g/mol. The number of rotatable bonds is 7. The number of hydrogen-bond acceptors (Lipinski definition) is 4. The van der Waals surface area contributed by atoms with Crippen molar-refractivity contribution in [1.29, 1.82) is 0 Å². The molecule has 0 atom stereocenters. The molecular weight excluding hydrogens is 336 g/mol. The van der Waals surface area contributed by atoms with Crippen LogP contribution in [-0.4, -0.2) is 29.0 Å². The van der Waals surface area contributed by atoms with Crippen molar-refractivity contribution >= 4 is 29.9 Å². The van der Waals surface area contributed by atoms with Crippen LogP contribution >= 0.6 is 11.8 Å². The molecule has 0 fully saturated rings. The van der Waals surface area contributed by atoms with Gasteiger partial charge in [-0.05, 0) is 25.5 Å². The molecule has 2 N–H and O–H groups in total. The van der Waals surface area contributed by atoms with Crippen LogP contribution in [0.3, 0.4) is 0 Å². The lowest BCUT2D eigenvalue weighted by Crippen LogP contribution is -2.20. The van der Waals surface area contributed by atoms with E-state index in [2.05, 4.69) is 42.6 Å². The van der Waals surface area contributed by atoms with Crippen LogP contribution in [0.2, 0.25) is 0 Å². The molecule has 0 aromatic heterocycles. The van der Waals surface area contributed by atoms with Gasteiger partial charge < -0.3 is 5.11 Å². The number of hydrogen-bond donors (Lipinski definition) is 2. The lowest BCUT2D eigenvalue weighted by Gasteiger charge is -2.05. The van der Waals surface area contributed by atoms with Crippen LogP contribution in [0.5, 0.6) is 0 Å². The fourth-order valence-corrected chi connectivity index (χ4v) is 3.18. The molecule has 0 saturated heterocycles. The Bertz CT molecular complexity index is 783. The summed E-state index contributed by atoms with van der Waals surface area (Å²) in [5.41, 5.74) is 6.62. The second-order valence-electron chi connectivity index (χ2n) is 5.67. The zero-order valence-corrected chi connectivity index (χ0v) is 15.0. The molecule has 0 saturated carbocycles. The Morgan fingerprint density at radius 2 is 1.84 bits per heavy atom. The summed E-state index contributed by atoms with van der Waals surface area (Å²) >= 11 is 1.51. The first-order valence-electron chi connectivity index (χ1n) is 7.75. The first-order chi connectivity index (χ1) is 12.0. The number of aryl methyl sites for hydroxylation is 2. The van der Waals surface area contributed by atoms with Gasteiger partial charge in [0.25, 0.3) is 0 Å². The highest BCUT2D eigenvalue weighted by Crippen LogP contribution is 2.15. The second kappa shape index (κ2) is 9.03. The molecule has 2 aromatic carbocycles. The molecular formula is C19H20N2O3S. The van der Waals surface area contributed by atoms with E-state index in [9.17, 15) is 9.59 Å². The molecule has 2 aromatic rings. The lowest BCUT2D eigenvalue weighted by atomic mass is 10.1. The molecule has 0 heterocycles. The number of benzene rings is 2. The Labute approximate surface area is 151 Å². The summed E-state index contributed by atoms with van der Waals surface area (Å²) in [6, 6.07) is 12.8. The number of carboxylic acids is 1. The van der Waals surface area contributed by atoms with E-state index in [-0.39, 0.29) is 17.2 Å². The number of nitrogens with one attached hydrogen (secondary N) is 1. The van der Waals surface area contributed by atoms with Crippen LogP contribution in [0.25, 0.3) is 0 Å². The van der Waals surface area contributed by atoms with Crippen LogP contribution in [0.1, 0.15) is 32.6 Å². The first kappa shape index (κ1) is 18.7. The molecule has 5 nitrogen and oxygen atoms in total. The molecule has 25 heavy (non-hydrogen) atoms. The maximum atomic E-state index is 11.8. The zero-order chi connectivity index (χ0) is 18.2. The van der Waals surface area contributed by atoms with E-state index in [1.54, 1.807) is 18.2 Å². The molecule has 0 radical (unpaired) electrons. The summed E-state index contributed by atoms with van der Waals surface area (Å²) in [6.45, 7) is 4.11. The van der Waals surface area contributed by atoms with Crippen molar-refractivity contribution in [1.82, 2.24) is 5.43 Å². The Kier molecular flexibility index (Phi) is 6.77. The van der Waals surface area contributed by atoms with Gasteiger partial charge in [0.2, 0.25) is 5.91 Å². The van der Waals surface area contributed by atoms with E-state index in [4.69, 9.17) is 5.11 Å². The van der Waals surface area contributed by atoms with Crippen LogP contribution in [0, 0.1) is 13.8 Å². The third kappa shape index (κ3) is 6.08. The molecule has 1 amide bonds. The third-order valence-electron chi connectivity index (χ3n) is 3.37. The largest absolute Gasteiger partial charge is 0.478 e. The Morgan fingerprint density at radius 1 is 1.16 bits per heavy atom. The number of nitrogens with zero attached hydrogens (tertiary/aromatic N) is 1. The molecule has 130 valence electrons. The van der Waals surface area contributed by atoms with Gasteiger partial charge in [-0.15, -0.1) is 11.8 Å². The van der Waals surface area contributed by atoms with Gasteiger partial charge in [0.05, 0.1) is 17.5 Å². The number of carboxylic acid groups (broad SMARTS) is 1. The van der Waals surface area contributed by atoms with Crippen molar-refractivity contribution in [2.75, 3.05) is 5.75 Å². The van der Waals surface area contributed by atoms with Gasteiger partial charge >= 0.3 is 5.97 Å². The molecule has 0 aliphatic carbocycles. The molecule has 6 heteroatoms. The number of carbonyl (C=O) groups is 2. The SMILES string of the molecule is Cc1cc(C)cc(CSCC(=O)N/N=C\c2ccccc2C(=O)O)c1. The van der Waals surface area contributed by atoms with Crippen LogP contribution < -0.4 is 5.43 Å². The van der Waals surface area contributed by atoms with E-state index in [1.807, 2.05) is 0 Å². The number of amides is 1. The third-order valence-corrected chi connectivity index (χ3v) is 4.37. The lowest BCUT2D eigenvalue weighted by molar-refractivity contribution is -0.118. The summed E-state index contributed by atoms with van der Waals surface area (Å²) in [5.74, 6) is -0.220. The van der Waals surface area contributed by atoms with Crippen LogP contribution in [0.4, 0.5) is 0 Å². The average molecular weight is 356 g/mol. The van der Waals surface area contributed by atoms with Crippen molar-refractivity contribution in [3.05, 3.63) is 70.3 Å². The maximum Gasteiger partial charge on any atom is 0.336 e. The minimum absolute atomic E-state index is 0.143. The fourth-order valence-electron chi connectivity index (χ4n) is 2.42. The number of hydrazone groups is 1. The molecule has 2 rings (SSSR count). The van der Waals surface area contributed by atoms with Gasteiger partial charge in [0.15, 0.2) is 0 Å². The molecule has 0 bridgehead atoms. The van der Waals surface area contributed by atoms with Crippen LogP contribution in [0.15, 0.2) is 47.6 Å². The molecule has 0 spiro atoms. The van der Waals surface area contributed by atoms with E-state index in [1.165, 1.54) is 40.7 Å². The minimum atomic E-state index is -1.03. The van der Waals surface area contributed by atoms with Crippen molar-refractivity contribution in [3.63, 3.8) is 0 Å². The minimum Gasteiger partial charge on any atom is -0.478 e. The van der Waals surface area contributed by atoms with Crippen molar-refractivity contribution in [3.8, 4) is 0 Å². The quantitative estimate of drug-likeness (QED) is 0.589. The highest BCUT2D eigenvalue weighted by Gasteiger charge is 2.07. The highest BCUT2D eigenvalue weighted by atomic mass is 32.2. The predicted octanol–water partition coefficient (Wildman–Crippen LogP) is 3.39. The van der Waals surface area contributed by atoms with Gasteiger partial charge in [0.1, 0.15) is 0 Å².